The van der Waals surface area contributed by atoms with Crippen LogP contribution in [0.2, 0.25) is 0 Å². The van der Waals surface area contributed by atoms with Crippen LogP contribution in [0, 0.1) is 6.92 Å². The van der Waals surface area contributed by atoms with Gasteiger partial charge in [-0.05, 0) is 54.6 Å². The minimum absolute atomic E-state index is 0.155. The summed E-state index contributed by atoms with van der Waals surface area (Å²) in [4.78, 5) is 13.7. The van der Waals surface area contributed by atoms with Crippen molar-refractivity contribution >= 4 is 33.8 Å². The number of methoxy groups -OCH3 is 3. The number of nitrogens with one attached hydrogen (secondary N) is 1. The smallest absolute Gasteiger partial charge is 0.244 e. The highest BCUT2D eigenvalue weighted by atomic mass is 32.1. The van der Waals surface area contributed by atoms with Gasteiger partial charge >= 0.3 is 0 Å². The Morgan fingerprint density at radius 1 is 1.09 bits per heavy atom. The Balaban J connectivity index is 1.74. The van der Waals surface area contributed by atoms with Crippen LogP contribution in [-0.4, -0.2) is 27.2 Å². The molecule has 34 heavy (non-hydrogen) atoms. The third-order valence-electron chi connectivity index (χ3n) is 5.73. The molecular weight excluding hydrogens is 450 g/mol. The molecule has 0 saturated heterocycles. The Kier molecular flexibility index (Phi) is 6.93. The molecule has 2 aromatic carbocycles. The number of hydrogen-bond acceptors (Lipinski definition) is 6. The first kappa shape index (κ1) is 23.4. The van der Waals surface area contributed by atoms with Gasteiger partial charge in [-0.15, -0.1) is 11.3 Å². The molecule has 0 spiro atoms. The normalized spacial score (nSPS) is 11.5. The van der Waals surface area contributed by atoms with Gasteiger partial charge in [0.15, 0.2) is 11.5 Å². The number of thiophene rings is 1. The molecule has 2 heterocycles. The van der Waals surface area contributed by atoms with Gasteiger partial charge in [-0.1, -0.05) is 12.1 Å². The van der Waals surface area contributed by atoms with Crippen LogP contribution in [0.4, 0.5) is 0 Å². The van der Waals surface area contributed by atoms with E-state index < -0.39 is 0 Å². The minimum Gasteiger partial charge on any atom is -0.496 e. The monoisotopic (exact) mass is 477 g/mol. The zero-order valence-corrected chi connectivity index (χ0v) is 20.7. The van der Waals surface area contributed by atoms with Crippen molar-refractivity contribution in [2.45, 2.75) is 20.4 Å². The Bertz CT molecular complexity index is 1350. The van der Waals surface area contributed by atoms with Crippen LogP contribution in [0.25, 0.3) is 27.7 Å². The number of fused-ring (bicyclic) bond motifs is 1. The second-order valence-electron chi connectivity index (χ2n) is 7.80. The molecular formula is C27H27NO5S. The summed E-state index contributed by atoms with van der Waals surface area (Å²) in [5, 5.41) is 5.86. The van der Waals surface area contributed by atoms with E-state index in [0.717, 1.165) is 43.7 Å². The quantitative estimate of drug-likeness (QED) is 0.305. The predicted molar refractivity (Wildman–Crippen MR) is 136 cm³/mol. The van der Waals surface area contributed by atoms with E-state index in [1.165, 1.54) is 0 Å². The summed E-state index contributed by atoms with van der Waals surface area (Å²) in [5.41, 5.74) is 5.08. The largest absolute Gasteiger partial charge is 0.496 e. The molecule has 0 unspecified atom stereocenters. The third-order valence-corrected chi connectivity index (χ3v) is 6.61. The maximum Gasteiger partial charge on any atom is 0.244 e. The van der Waals surface area contributed by atoms with Crippen LogP contribution in [0.5, 0.6) is 17.2 Å². The number of aryl methyl sites for hydroxylation is 1. The lowest BCUT2D eigenvalue weighted by Crippen LogP contribution is -2.20. The van der Waals surface area contributed by atoms with Crippen LogP contribution in [0.1, 0.15) is 22.9 Å². The average Bonchev–Trinajstić information content (AvgIpc) is 3.52. The van der Waals surface area contributed by atoms with Crippen LogP contribution >= 0.6 is 11.3 Å². The number of carbonyl (C=O) groups excluding carboxylic acids is 1. The van der Waals surface area contributed by atoms with Crippen molar-refractivity contribution in [1.82, 2.24) is 5.32 Å². The number of benzene rings is 2. The molecule has 7 heteroatoms. The first-order valence-electron chi connectivity index (χ1n) is 10.8. The first-order chi connectivity index (χ1) is 16.5. The van der Waals surface area contributed by atoms with Crippen molar-refractivity contribution in [3.05, 3.63) is 70.1 Å². The Hall–Kier alpha value is -3.71. The van der Waals surface area contributed by atoms with E-state index in [9.17, 15) is 4.79 Å². The second-order valence-corrected chi connectivity index (χ2v) is 8.83. The van der Waals surface area contributed by atoms with Crippen LogP contribution in [0.3, 0.4) is 0 Å². The summed E-state index contributed by atoms with van der Waals surface area (Å²) in [6.07, 6.45) is 3.34. The number of rotatable bonds is 8. The Labute approximate surface area is 202 Å². The second kappa shape index (κ2) is 10.1. The van der Waals surface area contributed by atoms with Gasteiger partial charge in [0.25, 0.3) is 0 Å². The van der Waals surface area contributed by atoms with Crippen molar-refractivity contribution in [2.24, 2.45) is 0 Å². The maximum atomic E-state index is 12.6. The summed E-state index contributed by atoms with van der Waals surface area (Å²) in [5.74, 6) is 1.82. The van der Waals surface area contributed by atoms with E-state index in [-0.39, 0.29) is 5.91 Å². The molecule has 2 aromatic heterocycles. The van der Waals surface area contributed by atoms with Gasteiger partial charge in [0.1, 0.15) is 11.3 Å². The van der Waals surface area contributed by atoms with E-state index in [1.807, 2.05) is 55.6 Å². The number of amides is 1. The third kappa shape index (κ3) is 4.52. The topological polar surface area (TPSA) is 69.9 Å². The average molecular weight is 478 g/mol. The van der Waals surface area contributed by atoms with Crippen molar-refractivity contribution in [1.29, 1.82) is 0 Å². The van der Waals surface area contributed by atoms with E-state index in [2.05, 4.69) is 5.32 Å². The molecule has 0 fully saturated rings. The van der Waals surface area contributed by atoms with E-state index in [4.69, 9.17) is 18.6 Å². The van der Waals surface area contributed by atoms with Gasteiger partial charge in [-0.25, -0.2) is 0 Å². The van der Waals surface area contributed by atoms with Crippen molar-refractivity contribution < 1.29 is 23.4 Å². The highest BCUT2D eigenvalue weighted by Gasteiger charge is 2.19. The molecule has 0 aliphatic carbocycles. The highest BCUT2D eigenvalue weighted by molar-refractivity contribution is 7.09. The van der Waals surface area contributed by atoms with Crippen molar-refractivity contribution in [2.75, 3.05) is 21.3 Å². The summed E-state index contributed by atoms with van der Waals surface area (Å²) in [6.45, 7) is 4.36. The molecule has 4 aromatic rings. The fraction of sp³-hybridized carbons (Fsp3) is 0.222. The van der Waals surface area contributed by atoms with E-state index in [1.54, 1.807) is 45.0 Å². The van der Waals surface area contributed by atoms with Gasteiger partial charge in [0.2, 0.25) is 5.91 Å². The summed E-state index contributed by atoms with van der Waals surface area (Å²) >= 11 is 1.61. The number of ether oxygens (including phenoxy) is 3. The zero-order chi connectivity index (χ0) is 24.2. The summed E-state index contributed by atoms with van der Waals surface area (Å²) in [6, 6.07) is 11.7. The lowest BCUT2D eigenvalue weighted by atomic mass is 9.96. The molecule has 176 valence electrons. The predicted octanol–water partition coefficient (Wildman–Crippen LogP) is 6.22. The summed E-state index contributed by atoms with van der Waals surface area (Å²) in [7, 11) is 4.85. The van der Waals surface area contributed by atoms with Gasteiger partial charge in [0.05, 0.1) is 34.1 Å². The number of furan rings is 1. The Morgan fingerprint density at radius 2 is 1.88 bits per heavy atom. The molecule has 1 amide bonds. The fourth-order valence-corrected chi connectivity index (χ4v) is 4.66. The molecule has 0 aliphatic heterocycles. The van der Waals surface area contributed by atoms with Crippen LogP contribution < -0.4 is 19.5 Å². The SMILES string of the molecule is COc1ccc(-c2coc3c(C)c(OC)c(/C(C)=C/C(=O)NCc4cccs4)cc23)cc1OC. The van der Waals surface area contributed by atoms with Crippen LogP contribution in [-0.2, 0) is 11.3 Å². The van der Waals surface area contributed by atoms with Crippen molar-refractivity contribution in [3.8, 4) is 28.4 Å². The molecule has 4 rings (SSSR count). The number of carbonyl (C=O) groups is 1. The van der Waals surface area contributed by atoms with Gasteiger partial charge < -0.3 is 23.9 Å². The van der Waals surface area contributed by atoms with E-state index >= 15 is 0 Å². The van der Waals surface area contributed by atoms with E-state index in [0.29, 0.717) is 23.8 Å². The molecule has 0 aliphatic rings. The molecule has 0 radical (unpaired) electrons. The highest BCUT2D eigenvalue weighted by Crippen LogP contribution is 2.42. The number of hydrogen-bond donors (Lipinski definition) is 1. The maximum absolute atomic E-state index is 12.6. The standard InChI is InChI=1S/C27H27NO5S/c1-16(11-25(29)28-14-19-7-6-10-34-19)20-13-21-22(15-33-27(21)17(2)26(20)32-5)18-8-9-23(30-3)24(12-18)31-4/h6-13,15H,14H2,1-5H3,(H,28,29)/b16-11+. The van der Waals surface area contributed by atoms with Gasteiger partial charge in [-0.3, -0.25) is 4.79 Å². The molecule has 0 bridgehead atoms. The summed E-state index contributed by atoms with van der Waals surface area (Å²) < 4.78 is 22.5. The lowest BCUT2D eigenvalue weighted by Gasteiger charge is -2.14. The lowest BCUT2D eigenvalue weighted by molar-refractivity contribution is -0.116. The van der Waals surface area contributed by atoms with Gasteiger partial charge in [-0.2, -0.15) is 0 Å². The molecule has 1 N–H and O–H groups in total. The Morgan fingerprint density at radius 3 is 2.56 bits per heavy atom. The molecule has 6 nitrogen and oxygen atoms in total. The fourth-order valence-electron chi connectivity index (χ4n) is 4.01. The van der Waals surface area contributed by atoms with Gasteiger partial charge in [0, 0.05) is 33.0 Å². The van der Waals surface area contributed by atoms with Crippen LogP contribution in [0.15, 0.2) is 58.5 Å². The number of allylic oxidation sites excluding steroid dienone is 1. The zero-order valence-electron chi connectivity index (χ0n) is 19.9. The van der Waals surface area contributed by atoms with Crippen molar-refractivity contribution in [3.63, 3.8) is 0 Å². The molecule has 0 saturated carbocycles. The first-order valence-corrected chi connectivity index (χ1v) is 11.6. The minimum atomic E-state index is -0.155. The molecule has 0 atom stereocenters.